The second-order valence-corrected chi connectivity index (χ2v) is 6.14. The van der Waals surface area contributed by atoms with E-state index >= 15 is 0 Å². The Balaban J connectivity index is 1.97. The summed E-state index contributed by atoms with van der Waals surface area (Å²) in [6, 6.07) is 12.7. The maximum atomic E-state index is 12.4. The first kappa shape index (κ1) is 12.8. The molecule has 0 amide bonds. The van der Waals surface area contributed by atoms with Crippen molar-refractivity contribution >= 4 is 20.8 Å². The third-order valence-corrected chi connectivity index (χ3v) is 4.52. The molecule has 102 valence electrons. The molecular formula is C14H13N3O2S. The molecule has 0 saturated heterocycles. The lowest BCUT2D eigenvalue weighted by Crippen LogP contribution is -2.23. The van der Waals surface area contributed by atoms with Gasteiger partial charge in [0.2, 0.25) is 10.0 Å². The van der Waals surface area contributed by atoms with Gasteiger partial charge in [-0.1, -0.05) is 36.4 Å². The number of sulfonamides is 1. The summed E-state index contributed by atoms with van der Waals surface area (Å²) in [5.41, 5.74) is 0.786. The highest BCUT2D eigenvalue weighted by Crippen LogP contribution is 2.22. The van der Waals surface area contributed by atoms with Crippen molar-refractivity contribution in [2.24, 2.45) is 0 Å². The van der Waals surface area contributed by atoms with Gasteiger partial charge < -0.3 is 0 Å². The van der Waals surface area contributed by atoms with Crippen LogP contribution in [0.1, 0.15) is 5.56 Å². The van der Waals surface area contributed by atoms with Gasteiger partial charge in [0.05, 0.1) is 11.1 Å². The van der Waals surface area contributed by atoms with E-state index in [-0.39, 0.29) is 6.54 Å². The highest BCUT2D eigenvalue weighted by molar-refractivity contribution is 7.89. The average molecular weight is 287 g/mol. The topological polar surface area (TPSA) is 74.8 Å². The van der Waals surface area contributed by atoms with E-state index in [0.29, 0.717) is 4.90 Å². The molecule has 0 unspecified atom stereocenters. The highest BCUT2D eigenvalue weighted by atomic mass is 32.2. The maximum absolute atomic E-state index is 12.4. The molecule has 5 nitrogen and oxygen atoms in total. The van der Waals surface area contributed by atoms with Gasteiger partial charge in [0.15, 0.2) is 0 Å². The zero-order valence-electron chi connectivity index (χ0n) is 10.6. The van der Waals surface area contributed by atoms with E-state index in [2.05, 4.69) is 14.9 Å². The third kappa shape index (κ3) is 2.43. The molecule has 1 aromatic heterocycles. The number of hydrogen-bond donors (Lipinski definition) is 2. The average Bonchev–Trinajstić information content (AvgIpc) is 2.98. The van der Waals surface area contributed by atoms with E-state index in [1.54, 1.807) is 24.5 Å². The first-order valence-corrected chi connectivity index (χ1v) is 7.60. The largest absolute Gasteiger partial charge is 0.285 e. The standard InChI is InChI=1S/C14H13N3O2S/c18-20(19,17-10-11-8-15-16-9-11)14-7-3-5-12-4-1-2-6-13(12)14/h1-9,17H,10H2,(H,15,16). The lowest BCUT2D eigenvalue weighted by Gasteiger charge is -2.08. The van der Waals surface area contributed by atoms with Crippen LogP contribution in [-0.2, 0) is 16.6 Å². The van der Waals surface area contributed by atoms with Gasteiger partial charge in [-0.3, -0.25) is 5.10 Å². The van der Waals surface area contributed by atoms with Crippen LogP contribution in [0.3, 0.4) is 0 Å². The molecule has 3 aromatic rings. The number of fused-ring (bicyclic) bond motifs is 1. The van der Waals surface area contributed by atoms with Crippen molar-refractivity contribution in [1.29, 1.82) is 0 Å². The van der Waals surface area contributed by atoms with Crippen LogP contribution in [0.5, 0.6) is 0 Å². The van der Waals surface area contributed by atoms with Crippen LogP contribution in [0.4, 0.5) is 0 Å². The Bertz CT molecular complexity index is 821. The molecule has 0 aliphatic heterocycles. The van der Waals surface area contributed by atoms with Crippen molar-refractivity contribution in [3.8, 4) is 0 Å². The molecule has 1 heterocycles. The molecule has 0 fully saturated rings. The zero-order chi connectivity index (χ0) is 14.0. The molecule has 0 aliphatic carbocycles. The SMILES string of the molecule is O=S(=O)(NCc1cn[nH]c1)c1cccc2ccccc12. The summed E-state index contributed by atoms with van der Waals surface area (Å²) in [5.74, 6) is 0. The van der Waals surface area contributed by atoms with Gasteiger partial charge in [0.25, 0.3) is 0 Å². The van der Waals surface area contributed by atoms with Crippen LogP contribution in [0.2, 0.25) is 0 Å². The molecule has 0 radical (unpaired) electrons. The minimum absolute atomic E-state index is 0.210. The summed E-state index contributed by atoms with van der Waals surface area (Å²) in [6.07, 6.45) is 3.25. The molecule has 2 aromatic carbocycles. The number of aromatic amines is 1. The molecule has 0 bridgehead atoms. The molecule has 0 aliphatic rings. The van der Waals surface area contributed by atoms with Gasteiger partial charge in [-0.25, -0.2) is 13.1 Å². The molecule has 0 atom stereocenters. The number of aromatic nitrogens is 2. The van der Waals surface area contributed by atoms with Crippen LogP contribution in [0.15, 0.2) is 59.8 Å². The summed E-state index contributed by atoms with van der Waals surface area (Å²) in [4.78, 5) is 0.291. The molecule has 6 heteroatoms. The van der Waals surface area contributed by atoms with Crippen LogP contribution < -0.4 is 4.72 Å². The minimum Gasteiger partial charge on any atom is -0.285 e. The van der Waals surface area contributed by atoms with Crippen LogP contribution in [0, 0.1) is 0 Å². The summed E-state index contributed by atoms with van der Waals surface area (Å²) in [5, 5.41) is 8.06. The van der Waals surface area contributed by atoms with Crippen molar-refractivity contribution < 1.29 is 8.42 Å². The molecule has 0 saturated carbocycles. The Morgan fingerprint density at radius 2 is 1.90 bits per heavy atom. The summed E-state index contributed by atoms with van der Waals surface area (Å²) in [7, 11) is -3.55. The first-order valence-electron chi connectivity index (χ1n) is 6.12. The lowest BCUT2D eigenvalue weighted by atomic mass is 10.1. The second kappa shape index (κ2) is 5.07. The normalized spacial score (nSPS) is 11.8. The van der Waals surface area contributed by atoms with Crippen molar-refractivity contribution in [1.82, 2.24) is 14.9 Å². The Morgan fingerprint density at radius 1 is 1.10 bits per heavy atom. The minimum atomic E-state index is -3.55. The monoisotopic (exact) mass is 287 g/mol. The predicted molar refractivity (Wildman–Crippen MR) is 76.6 cm³/mol. The van der Waals surface area contributed by atoms with E-state index in [9.17, 15) is 8.42 Å². The number of hydrogen-bond acceptors (Lipinski definition) is 3. The number of benzene rings is 2. The van der Waals surface area contributed by atoms with E-state index in [4.69, 9.17) is 0 Å². The van der Waals surface area contributed by atoms with E-state index < -0.39 is 10.0 Å². The van der Waals surface area contributed by atoms with Crippen molar-refractivity contribution in [3.05, 3.63) is 60.4 Å². The fourth-order valence-electron chi connectivity index (χ4n) is 2.06. The molecular weight excluding hydrogens is 274 g/mol. The van der Waals surface area contributed by atoms with Gasteiger partial charge in [-0.2, -0.15) is 5.10 Å². The number of rotatable bonds is 4. The molecule has 0 spiro atoms. The smallest absolute Gasteiger partial charge is 0.241 e. The quantitative estimate of drug-likeness (QED) is 0.771. The third-order valence-electron chi connectivity index (χ3n) is 3.06. The summed E-state index contributed by atoms with van der Waals surface area (Å²) >= 11 is 0. The number of H-pyrrole nitrogens is 1. The van der Waals surface area contributed by atoms with Gasteiger partial charge in [-0.15, -0.1) is 0 Å². The lowest BCUT2D eigenvalue weighted by molar-refractivity contribution is 0.582. The Morgan fingerprint density at radius 3 is 2.70 bits per heavy atom. The second-order valence-electron chi connectivity index (χ2n) is 4.41. The fourth-order valence-corrected chi connectivity index (χ4v) is 3.31. The van der Waals surface area contributed by atoms with Crippen molar-refractivity contribution in [2.45, 2.75) is 11.4 Å². The fraction of sp³-hybridized carbons (Fsp3) is 0.0714. The molecule has 2 N–H and O–H groups in total. The van der Waals surface area contributed by atoms with E-state index in [1.807, 2.05) is 30.3 Å². The molecule has 3 rings (SSSR count). The summed E-state index contributed by atoms with van der Waals surface area (Å²) < 4.78 is 27.4. The van der Waals surface area contributed by atoms with Gasteiger partial charge >= 0.3 is 0 Å². The van der Waals surface area contributed by atoms with Crippen molar-refractivity contribution in [2.75, 3.05) is 0 Å². The van der Waals surface area contributed by atoms with E-state index in [0.717, 1.165) is 16.3 Å². The molecule has 20 heavy (non-hydrogen) atoms. The highest BCUT2D eigenvalue weighted by Gasteiger charge is 2.16. The number of nitrogens with one attached hydrogen (secondary N) is 2. The Labute approximate surface area is 116 Å². The maximum Gasteiger partial charge on any atom is 0.241 e. The van der Waals surface area contributed by atoms with Crippen LogP contribution in [0.25, 0.3) is 10.8 Å². The van der Waals surface area contributed by atoms with Gasteiger partial charge in [0, 0.05) is 23.7 Å². The number of nitrogens with zero attached hydrogens (tertiary/aromatic N) is 1. The predicted octanol–water partition coefficient (Wildman–Crippen LogP) is 2.04. The summed E-state index contributed by atoms with van der Waals surface area (Å²) in [6.45, 7) is 0.210. The van der Waals surface area contributed by atoms with Crippen molar-refractivity contribution in [3.63, 3.8) is 0 Å². The van der Waals surface area contributed by atoms with Gasteiger partial charge in [-0.05, 0) is 11.5 Å². The van der Waals surface area contributed by atoms with Crippen LogP contribution >= 0.6 is 0 Å². The van der Waals surface area contributed by atoms with E-state index in [1.165, 1.54) is 0 Å². The Kier molecular flexibility index (Phi) is 3.25. The van der Waals surface area contributed by atoms with Gasteiger partial charge in [0.1, 0.15) is 0 Å². The first-order chi connectivity index (χ1) is 9.67. The zero-order valence-corrected chi connectivity index (χ0v) is 11.4. The Hall–Kier alpha value is -2.18. The van der Waals surface area contributed by atoms with Crippen LogP contribution in [-0.4, -0.2) is 18.6 Å².